The second kappa shape index (κ2) is 19.3. The highest BCUT2D eigenvalue weighted by Crippen LogP contribution is 2.13. The van der Waals surface area contributed by atoms with Crippen LogP contribution >= 0.6 is 0 Å². The van der Waals surface area contributed by atoms with Crippen molar-refractivity contribution in [3.05, 3.63) is 0 Å². The van der Waals surface area contributed by atoms with Gasteiger partial charge < -0.3 is 10.1 Å². The van der Waals surface area contributed by atoms with E-state index in [-0.39, 0.29) is 18.4 Å². The second-order valence-corrected chi connectivity index (χ2v) is 7.08. The number of hydrogen-bond donors (Lipinski definition) is 1. The molecule has 0 spiro atoms. The van der Waals surface area contributed by atoms with E-state index in [1.807, 2.05) is 0 Å². The fraction of sp³-hybridized carbons (Fsp3) is 0.905. The maximum atomic E-state index is 11.3. The first kappa shape index (κ1) is 23.9. The van der Waals surface area contributed by atoms with Gasteiger partial charge in [-0.05, 0) is 6.42 Å². The molecule has 0 saturated carbocycles. The zero-order chi connectivity index (χ0) is 18.6. The molecule has 4 nitrogen and oxygen atoms in total. The van der Waals surface area contributed by atoms with Crippen molar-refractivity contribution < 1.29 is 14.3 Å². The van der Waals surface area contributed by atoms with Gasteiger partial charge in [-0.3, -0.25) is 9.59 Å². The quantitative estimate of drug-likeness (QED) is 0.259. The molecule has 0 atom stereocenters. The summed E-state index contributed by atoms with van der Waals surface area (Å²) in [6, 6.07) is 0. The molecule has 0 aromatic rings. The van der Waals surface area contributed by atoms with Gasteiger partial charge in [-0.15, -0.1) is 0 Å². The number of amides is 1. The van der Waals surface area contributed by atoms with E-state index in [0.717, 1.165) is 12.8 Å². The highest BCUT2D eigenvalue weighted by Gasteiger charge is 2.02. The van der Waals surface area contributed by atoms with Gasteiger partial charge in [0.05, 0.1) is 6.61 Å². The van der Waals surface area contributed by atoms with Crippen molar-refractivity contribution in [3.8, 4) is 0 Å². The van der Waals surface area contributed by atoms with Crippen LogP contribution in [0.2, 0.25) is 0 Å². The van der Waals surface area contributed by atoms with Crippen LogP contribution in [0.25, 0.3) is 0 Å². The average Bonchev–Trinajstić information content (AvgIpc) is 2.59. The molecule has 0 aromatic heterocycles. The summed E-state index contributed by atoms with van der Waals surface area (Å²) in [6.45, 7) is 4.11. The molecule has 0 fully saturated rings. The number of unbranched alkanes of at least 4 members (excludes halogenated alkanes) is 14. The van der Waals surface area contributed by atoms with E-state index < -0.39 is 0 Å². The molecule has 0 aromatic carbocycles. The number of carbonyl (C=O) groups excluding carboxylic acids is 2. The summed E-state index contributed by atoms with van der Waals surface area (Å²) in [6.07, 6.45) is 19.9. The second-order valence-electron chi connectivity index (χ2n) is 7.08. The third kappa shape index (κ3) is 20.9. The van der Waals surface area contributed by atoms with Crippen LogP contribution in [0.4, 0.5) is 0 Å². The summed E-state index contributed by atoms with van der Waals surface area (Å²) in [7, 11) is 0. The predicted molar refractivity (Wildman–Crippen MR) is 105 cm³/mol. The van der Waals surface area contributed by atoms with E-state index in [0.29, 0.717) is 6.61 Å². The molecule has 0 aliphatic heterocycles. The van der Waals surface area contributed by atoms with Gasteiger partial charge in [-0.1, -0.05) is 96.8 Å². The smallest absolute Gasteiger partial charge is 0.325 e. The number of nitrogens with one attached hydrogen (secondary N) is 1. The SMILES string of the molecule is CCCCCCCCCCCCCCCCCOC(=O)CNC(C)=O. The molecular weight excluding hydrogens is 314 g/mol. The average molecular weight is 356 g/mol. The first-order valence-corrected chi connectivity index (χ1v) is 10.6. The molecule has 0 radical (unpaired) electrons. The van der Waals surface area contributed by atoms with Gasteiger partial charge >= 0.3 is 5.97 Å². The standard InChI is InChI=1S/C21H41NO3/c1-3-4-5-6-7-8-9-10-11-12-13-14-15-16-17-18-25-21(24)19-22-20(2)23/h3-19H2,1-2H3,(H,22,23). The van der Waals surface area contributed by atoms with Crippen molar-refractivity contribution >= 4 is 11.9 Å². The first-order chi connectivity index (χ1) is 12.2. The van der Waals surface area contributed by atoms with Crippen LogP contribution in [-0.2, 0) is 14.3 Å². The van der Waals surface area contributed by atoms with Gasteiger partial charge in [-0.25, -0.2) is 0 Å². The van der Waals surface area contributed by atoms with E-state index in [2.05, 4.69) is 12.2 Å². The van der Waals surface area contributed by atoms with E-state index in [1.165, 1.54) is 90.4 Å². The first-order valence-electron chi connectivity index (χ1n) is 10.6. The van der Waals surface area contributed by atoms with E-state index in [1.54, 1.807) is 0 Å². The Bertz CT molecular complexity index is 318. The summed E-state index contributed by atoms with van der Waals surface area (Å²) in [5.41, 5.74) is 0. The van der Waals surface area contributed by atoms with E-state index in [9.17, 15) is 9.59 Å². The molecule has 4 heteroatoms. The van der Waals surface area contributed by atoms with Crippen LogP contribution in [-0.4, -0.2) is 25.0 Å². The van der Waals surface area contributed by atoms with Crippen molar-refractivity contribution in [1.29, 1.82) is 0 Å². The lowest BCUT2D eigenvalue weighted by molar-refractivity contribution is -0.143. The molecule has 0 unspecified atom stereocenters. The lowest BCUT2D eigenvalue weighted by Gasteiger charge is -2.05. The van der Waals surface area contributed by atoms with Crippen LogP contribution in [0, 0.1) is 0 Å². The zero-order valence-electron chi connectivity index (χ0n) is 16.7. The third-order valence-electron chi connectivity index (χ3n) is 4.49. The maximum absolute atomic E-state index is 11.3. The van der Waals surface area contributed by atoms with E-state index >= 15 is 0 Å². The number of carbonyl (C=O) groups is 2. The van der Waals surface area contributed by atoms with Gasteiger partial charge in [0.25, 0.3) is 0 Å². The van der Waals surface area contributed by atoms with Gasteiger partial charge in [0.15, 0.2) is 0 Å². The minimum atomic E-state index is -0.347. The van der Waals surface area contributed by atoms with Crippen molar-refractivity contribution in [1.82, 2.24) is 5.32 Å². The molecule has 1 N–H and O–H groups in total. The lowest BCUT2D eigenvalue weighted by Crippen LogP contribution is -2.28. The Balaban J connectivity index is 3.09. The number of hydrogen-bond acceptors (Lipinski definition) is 3. The number of esters is 1. The van der Waals surface area contributed by atoms with Crippen molar-refractivity contribution in [2.24, 2.45) is 0 Å². The fourth-order valence-electron chi connectivity index (χ4n) is 2.91. The Kier molecular flexibility index (Phi) is 18.5. The Hall–Kier alpha value is -1.06. The molecule has 25 heavy (non-hydrogen) atoms. The number of rotatable bonds is 18. The molecule has 1 amide bonds. The summed E-state index contributed by atoms with van der Waals surface area (Å²) >= 11 is 0. The normalized spacial score (nSPS) is 10.6. The molecule has 0 bridgehead atoms. The van der Waals surface area contributed by atoms with Crippen LogP contribution < -0.4 is 5.32 Å². The largest absolute Gasteiger partial charge is 0.464 e. The van der Waals surface area contributed by atoms with Crippen LogP contribution in [0.5, 0.6) is 0 Å². The highest BCUT2D eigenvalue weighted by atomic mass is 16.5. The minimum Gasteiger partial charge on any atom is -0.464 e. The Morgan fingerprint density at radius 1 is 0.680 bits per heavy atom. The molecular formula is C21H41NO3. The third-order valence-corrected chi connectivity index (χ3v) is 4.49. The predicted octanol–water partition coefficient (Wildman–Crippen LogP) is 5.54. The van der Waals surface area contributed by atoms with E-state index in [4.69, 9.17) is 4.74 Å². The molecule has 148 valence electrons. The Labute approximate surface area is 155 Å². The van der Waals surface area contributed by atoms with Crippen molar-refractivity contribution in [2.45, 2.75) is 110 Å². The zero-order valence-corrected chi connectivity index (χ0v) is 16.7. The van der Waals surface area contributed by atoms with Crippen LogP contribution in [0.1, 0.15) is 110 Å². The van der Waals surface area contributed by atoms with Crippen molar-refractivity contribution in [3.63, 3.8) is 0 Å². The molecule has 0 rings (SSSR count). The molecule has 0 aliphatic rings. The fourth-order valence-corrected chi connectivity index (χ4v) is 2.91. The van der Waals surface area contributed by atoms with Crippen LogP contribution in [0.15, 0.2) is 0 Å². The molecule has 0 saturated heterocycles. The molecule has 0 aliphatic carbocycles. The summed E-state index contributed by atoms with van der Waals surface area (Å²) in [5.74, 6) is -0.551. The highest BCUT2D eigenvalue weighted by molar-refractivity contribution is 5.80. The van der Waals surface area contributed by atoms with Crippen LogP contribution in [0.3, 0.4) is 0 Å². The molecule has 0 heterocycles. The monoisotopic (exact) mass is 355 g/mol. The topological polar surface area (TPSA) is 55.4 Å². The van der Waals surface area contributed by atoms with Gasteiger partial charge in [0.2, 0.25) is 5.91 Å². The van der Waals surface area contributed by atoms with Gasteiger partial charge in [-0.2, -0.15) is 0 Å². The van der Waals surface area contributed by atoms with Gasteiger partial charge in [0, 0.05) is 6.92 Å². The lowest BCUT2D eigenvalue weighted by atomic mass is 10.0. The minimum absolute atomic E-state index is 0.0198. The van der Waals surface area contributed by atoms with Crippen molar-refractivity contribution in [2.75, 3.05) is 13.2 Å². The maximum Gasteiger partial charge on any atom is 0.325 e. The summed E-state index contributed by atoms with van der Waals surface area (Å²) in [5, 5.41) is 2.44. The number of ether oxygens (including phenoxy) is 1. The summed E-state index contributed by atoms with van der Waals surface area (Å²) in [4.78, 5) is 21.9. The Morgan fingerprint density at radius 2 is 1.08 bits per heavy atom. The Morgan fingerprint density at radius 3 is 1.48 bits per heavy atom. The summed E-state index contributed by atoms with van der Waals surface area (Å²) < 4.78 is 5.05. The van der Waals surface area contributed by atoms with Gasteiger partial charge in [0.1, 0.15) is 6.54 Å².